The summed E-state index contributed by atoms with van der Waals surface area (Å²) in [6.07, 6.45) is 20.1. The van der Waals surface area contributed by atoms with E-state index in [1.165, 1.54) is 17.6 Å². The molecule has 5 unspecified atom stereocenters. The van der Waals surface area contributed by atoms with E-state index in [1.54, 1.807) is 13.1 Å². The molecule has 2 aliphatic rings. The molecule has 4 amide bonds. The maximum absolute atomic E-state index is 12.0. The van der Waals surface area contributed by atoms with Crippen molar-refractivity contribution in [1.82, 2.24) is 16.1 Å². The first-order chi connectivity index (χ1) is 31.1. The molecule has 5 atom stereocenters. The molecular weight excluding hydrogens is 839 g/mol. The number of unbranched alkanes of at least 4 members (excludes halogenated alkanes) is 1. The Kier molecular flexibility index (Phi) is 48.2. The number of aldehydes is 1. The van der Waals surface area contributed by atoms with E-state index in [1.807, 2.05) is 39.1 Å². The fourth-order valence-electron chi connectivity index (χ4n) is 5.46. The zero-order valence-corrected chi connectivity index (χ0v) is 40.6. The number of amides is 4. The van der Waals surface area contributed by atoms with Crippen molar-refractivity contribution in [3.8, 4) is 0 Å². The summed E-state index contributed by atoms with van der Waals surface area (Å²) >= 11 is 0. The lowest BCUT2D eigenvalue weighted by atomic mass is 9.94. The number of carbonyl (C=O) groups is 6. The van der Waals surface area contributed by atoms with E-state index in [0.717, 1.165) is 70.1 Å². The fraction of sp³-hybridized carbons (Fsp3) is 0.617. The lowest BCUT2D eigenvalue weighted by Crippen LogP contribution is -2.32. The molecule has 374 valence electrons. The van der Waals surface area contributed by atoms with E-state index in [2.05, 4.69) is 98.3 Å². The van der Waals surface area contributed by atoms with Crippen LogP contribution >= 0.6 is 0 Å². The molecule has 0 aliphatic carbocycles. The smallest absolute Gasteiger partial charge is 0.407 e. The highest BCUT2D eigenvalue weighted by atomic mass is 16.7. The summed E-state index contributed by atoms with van der Waals surface area (Å²) in [5, 5.41) is 12.6. The maximum atomic E-state index is 12.0. The number of alkyl carbamates (subject to hydrolysis) is 1. The van der Waals surface area contributed by atoms with Crippen LogP contribution in [0.5, 0.6) is 0 Å². The number of epoxide rings is 1. The molecule has 18 heteroatoms. The molecule has 0 saturated carbocycles. The second-order valence-corrected chi connectivity index (χ2v) is 15.1. The van der Waals surface area contributed by atoms with E-state index in [0.29, 0.717) is 30.7 Å². The van der Waals surface area contributed by atoms with Gasteiger partial charge in [-0.05, 0) is 69.2 Å². The number of hydrogen-bond acceptors (Lipinski definition) is 13. The van der Waals surface area contributed by atoms with Crippen molar-refractivity contribution < 1.29 is 52.9 Å². The van der Waals surface area contributed by atoms with Crippen LogP contribution in [0.4, 0.5) is 4.79 Å². The summed E-state index contributed by atoms with van der Waals surface area (Å²) in [5.41, 5.74) is 24.6. The largest absolute Gasteiger partial charge is 0.483 e. The van der Waals surface area contributed by atoms with Crippen molar-refractivity contribution in [2.45, 2.75) is 137 Å². The average molecular weight is 924 g/mol. The number of nitrogens with two attached hydrogens (primary N) is 4. The van der Waals surface area contributed by atoms with Crippen LogP contribution in [0, 0.1) is 11.8 Å². The van der Waals surface area contributed by atoms with Gasteiger partial charge in [-0.15, -0.1) is 0 Å². The third-order valence-electron chi connectivity index (χ3n) is 8.95. The maximum Gasteiger partial charge on any atom is 0.407 e. The van der Waals surface area contributed by atoms with Gasteiger partial charge < -0.3 is 57.7 Å². The van der Waals surface area contributed by atoms with E-state index in [9.17, 15) is 9.59 Å². The van der Waals surface area contributed by atoms with Gasteiger partial charge in [-0.2, -0.15) is 0 Å². The Morgan fingerprint density at radius 3 is 2.00 bits per heavy atom. The number of hydroxylamine groups is 1. The van der Waals surface area contributed by atoms with Gasteiger partial charge in [-0.1, -0.05) is 115 Å². The quantitative estimate of drug-likeness (QED) is 0.0271. The molecule has 0 bridgehead atoms. The Morgan fingerprint density at radius 2 is 1.54 bits per heavy atom. The molecule has 1 aromatic rings. The summed E-state index contributed by atoms with van der Waals surface area (Å²) < 4.78 is 16.4. The molecule has 0 aromatic heterocycles. The molecule has 1 spiro atoms. The molecule has 3 rings (SSSR count). The minimum atomic E-state index is -0.417. The third-order valence-corrected chi connectivity index (χ3v) is 8.95. The van der Waals surface area contributed by atoms with Crippen molar-refractivity contribution >= 4 is 37.6 Å². The Hall–Kier alpha value is -4.98. The Labute approximate surface area is 389 Å². The number of benzene rings is 1. The van der Waals surface area contributed by atoms with E-state index >= 15 is 0 Å². The van der Waals surface area contributed by atoms with Gasteiger partial charge in [-0.3, -0.25) is 24.0 Å². The minimum absolute atomic E-state index is 0.0506. The third kappa shape index (κ3) is 41.5. The second kappa shape index (κ2) is 47.0. The van der Waals surface area contributed by atoms with Crippen LogP contribution in [0.2, 0.25) is 0 Å². The van der Waals surface area contributed by atoms with Crippen LogP contribution in [0.25, 0.3) is 0 Å². The highest BCUT2D eigenvalue weighted by molar-refractivity contribution is 5.86. The predicted molar refractivity (Wildman–Crippen MR) is 257 cm³/mol. The summed E-state index contributed by atoms with van der Waals surface area (Å²) in [7, 11) is 3.49. The SMILES string of the molecule is CCC.CCCCC(C)C(C/C=C(C)/C=C/C1CC2(CCO1)CO2)ONC(=O)/C=C\C(C)C.CNC(=O)OCc1ccc(C(CCCN)NC)cc1.NC=O.NC=O.NCC=O.O=CO. The highest BCUT2D eigenvalue weighted by Crippen LogP contribution is 2.39. The number of rotatable bonds is 20. The molecular formula is C47H85N7O11. The predicted octanol–water partition coefficient (Wildman–Crippen LogP) is 5.29. The molecule has 0 radical (unpaired) electrons. The molecule has 65 heavy (non-hydrogen) atoms. The molecule has 2 heterocycles. The number of carbonyl (C=O) groups excluding carboxylic acids is 5. The first-order valence-electron chi connectivity index (χ1n) is 22.2. The van der Waals surface area contributed by atoms with Gasteiger partial charge in [0.25, 0.3) is 12.4 Å². The Morgan fingerprint density at radius 1 is 0.969 bits per heavy atom. The summed E-state index contributed by atoms with van der Waals surface area (Å²) in [5.74, 6) is 0.491. The van der Waals surface area contributed by atoms with Gasteiger partial charge in [0.05, 0.1) is 31.0 Å². The molecule has 1 aromatic carbocycles. The lowest BCUT2D eigenvalue weighted by molar-refractivity contribution is -0.136. The van der Waals surface area contributed by atoms with Gasteiger partial charge in [0.1, 0.15) is 12.9 Å². The number of allylic oxidation sites excluding steroid dienone is 3. The van der Waals surface area contributed by atoms with Crippen LogP contribution in [-0.4, -0.2) is 101 Å². The highest BCUT2D eigenvalue weighted by Gasteiger charge is 2.48. The van der Waals surface area contributed by atoms with Gasteiger partial charge in [-0.25, -0.2) is 10.3 Å². The Bertz CT molecular complexity index is 1410. The molecule has 2 aliphatic heterocycles. The van der Waals surface area contributed by atoms with Crippen LogP contribution in [-0.2, 0) is 49.6 Å². The lowest BCUT2D eigenvalue weighted by Gasteiger charge is -2.25. The summed E-state index contributed by atoms with van der Waals surface area (Å²) in [4.78, 5) is 63.3. The van der Waals surface area contributed by atoms with Crippen molar-refractivity contribution in [3.05, 3.63) is 71.3 Å². The van der Waals surface area contributed by atoms with Gasteiger partial charge in [0.15, 0.2) is 0 Å². The molecule has 2 saturated heterocycles. The molecule has 12 N–H and O–H groups in total. The first-order valence-corrected chi connectivity index (χ1v) is 22.2. The first kappa shape index (κ1) is 66.6. The summed E-state index contributed by atoms with van der Waals surface area (Å²) in [6.45, 7) is 17.3. The minimum Gasteiger partial charge on any atom is -0.483 e. The zero-order chi connectivity index (χ0) is 50.3. The van der Waals surface area contributed by atoms with Crippen LogP contribution in [0.15, 0.2) is 60.2 Å². The van der Waals surface area contributed by atoms with Crippen molar-refractivity contribution in [2.24, 2.45) is 34.8 Å². The number of ether oxygens (including phenoxy) is 3. The van der Waals surface area contributed by atoms with Crippen molar-refractivity contribution in [2.75, 3.05) is 40.4 Å². The topological polar surface area (TPSA) is 303 Å². The van der Waals surface area contributed by atoms with Crippen LogP contribution in [0.1, 0.15) is 123 Å². The fourth-order valence-corrected chi connectivity index (χ4v) is 5.46. The normalized spacial score (nSPS) is 17.0. The second-order valence-electron chi connectivity index (χ2n) is 15.1. The van der Waals surface area contributed by atoms with E-state index in [-0.39, 0.29) is 56.2 Å². The van der Waals surface area contributed by atoms with Gasteiger partial charge in [0, 0.05) is 38.6 Å². The van der Waals surface area contributed by atoms with Gasteiger partial charge >= 0.3 is 6.09 Å². The number of nitrogens with one attached hydrogen (secondary N) is 3. The Balaban J connectivity index is -0.000000450. The number of primary amides is 2. The number of carboxylic acid groups (broad SMARTS) is 1. The molecule has 2 fully saturated rings. The van der Waals surface area contributed by atoms with Crippen molar-refractivity contribution in [1.29, 1.82) is 0 Å². The zero-order valence-electron chi connectivity index (χ0n) is 40.6. The average Bonchev–Trinajstić information content (AvgIpc) is 4.05. The number of hydrogen-bond donors (Lipinski definition) is 8. The standard InChI is InChI=1S/C25H41NO4.C14H23N3O2.C3H8.C2H5NO.2CH3NO.CH2O2/c1-6-7-8-21(5)23(30-26-24(27)14-9-19(2)3)13-11-20(4)10-12-22-17-25(18-29-25)15-16-28-22;1-16-13(4-3-9-15)12-7-5-11(6-8-12)10-19-14(18)17-2;1-3-2;3-1-2-4;3*2-1-3/h9-12,14,19,21-23H,6-8,13,15-18H2,1-5H3,(H,26,27);5-8,13,16H,3-4,9-10,15H2,1-2H3,(H,17,18);3H2,1-2H3;2H,1,3H2;2*1H,(H2,2,3);1H,(H,2,3)/b12-10+,14-9-,20-11+;;;;;;. The van der Waals surface area contributed by atoms with Crippen molar-refractivity contribution in [3.63, 3.8) is 0 Å². The van der Waals surface area contributed by atoms with Gasteiger partial charge in [0.2, 0.25) is 12.8 Å². The monoisotopic (exact) mass is 924 g/mol. The van der Waals surface area contributed by atoms with Crippen LogP contribution in [0.3, 0.4) is 0 Å². The van der Waals surface area contributed by atoms with Crippen LogP contribution < -0.4 is 39.0 Å². The molecule has 18 nitrogen and oxygen atoms in total. The van der Waals surface area contributed by atoms with E-state index < -0.39 is 6.09 Å². The van der Waals surface area contributed by atoms with E-state index in [4.69, 9.17) is 49.1 Å². The summed E-state index contributed by atoms with van der Waals surface area (Å²) in [6, 6.07) is 8.38.